The summed E-state index contributed by atoms with van der Waals surface area (Å²) in [5, 5.41) is 20.7. The van der Waals surface area contributed by atoms with E-state index in [1.54, 1.807) is 6.07 Å². The van der Waals surface area contributed by atoms with Crippen LogP contribution >= 0.6 is 22.7 Å². The standard InChI is InChI=1S/C13H13N3O2S2/c1-3-11-15-16-13(20-11)14-12(18)10-7-8(2)9(19-10)5-4-6-17/h7,17H,3,6H2,1-2H3,(H,14,16,18). The van der Waals surface area contributed by atoms with Crippen LogP contribution in [0.4, 0.5) is 5.13 Å². The van der Waals surface area contributed by atoms with Crippen molar-refractivity contribution in [1.29, 1.82) is 0 Å². The van der Waals surface area contributed by atoms with Gasteiger partial charge in [0.25, 0.3) is 5.91 Å². The SMILES string of the molecule is CCc1nnc(NC(=O)c2cc(C)c(C#CCO)s2)s1. The largest absolute Gasteiger partial charge is 0.384 e. The molecule has 0 radical (unpaired) electrons. The lowest BCUT2D eigenvalue weighted by atomic mass is 10.2. The first-order valence-corrected chi connectivity index (χ1v) is 7.61. The highest BCUT2D eigenvalue weighted by Crippen LogP contribution is 2.23. The number of carbonyl (C=O) groups is 1. The van der Waals surface area contributed by atoms with Crippen molar-refractivity contribution in [3.05, 3.63) is 26.4 Å². The molecule has 0 aromatic carbocycles. The number of hydrogen-bond acceptors (Lipinski definition) is 6. The summed E-state index contributed by atoms with van der Waals surface area (Å²) in [6, 6.07) is 1.78. The van der Waals surface area contributed by atoms with Crippen molar-refractivity contribution < 1.29 is 9.90 Å². The molecule has 0 saturated heterocycles. The average Bonchev–Trinajstić information content (AvgIpc) is 3.03. The number of nitrogens with zero attached hydrogens (tertiary/aromatic N) is 2. The summed E-state index contributed by atoms with van der Waals surface area (Å²) in [5.41, 5.74) is 0.924. The summed E-state index contributed by atoms with van der Waals surface area (Å²) in [7, 11) is 0. The minimum atomic E-state index is -0.214. The van der Waals surface area contributed by atoms with E-state index in [2.05, 4.69) is 27.4 Å². The highest BCUT2D eigenvalue weighted by molar-refractivity contribution is 7.16. The molecular weight excluding hydrogens is 294 g/mol. The van der Waals surface area contributed by atoms with E-state index in [1.807, 2.05) is 13.8 Å². The Morgan fingerprint density at radius 1 is 1.45 bits per heavy atom. The van der Waals surface area contributed by atoms with Crippen molar-refractivity contribution in [3.8, 4) is 11.8 Å². The van der Waals surface area contributed by atoms with Gasteiger partial charge >= 0.3 is 0 Å². The molecule has 2 aromatic rings. The second-order valence-electron chi connectivity index (χ2n) is 3.89. The predicted octanol–water partition coefficient (Wildman–Crippen LogP) is 2.07. The highest BCUT2D eigenvalue weighted by Gasteiger charge is 2.13. The number of aryl methyl sites for hydroxylation is 2. The fraction of sp³-hybridized carbons (Fsp3) is 0.308. The van der Waals surface area contributed by atoms with E-state index in [-0.39, 0.29) is 12.5 Å². The number of aliphatic hydroxyl groups excluding tert-OH is 1. The summed E-state index contributed by atoms with van der Waals surface area (Å²) >= 11 is 2.67. The first-order chi connectivity index (χ1) is 9.63. The van der Waals surface area contributed by atoms with Crippen LogP contribution in [-0.2, 0) is 6.42 Å². The van der Waals surface area contributed by atoms with Crippen molar-refractivity contribution in [2.75, 3.05) is 11.9 Å². The van der Waals surface area contributed by atoms with Gasteiger partial charge in [0.05, 0.1) is 9.75 Å². The maximum absolute atomic E-state index is 12.1. The lowest BCUT2D eigenvalue weighted by molar-refractivity contribution is 0.103. The number of aromatic nitrogens is 2. The van der Waals surface area contributed by atoms with Gasteiger partial charge in [-0.3, -0.25) is 10.1 Å². The molecule has 0 aliphatic carbocycles. The van der Waals surface area contributed by atoms with E-state index in [4.69, 9.17) is 5.11 Å². The van der Waals surface area contributed by atoms with Gasteiger partial charge in [-0.2, -0.15) is 0 Å². The molecule has 2 N–H and O–H groups in total. The van der Waals surface area contributed by atoms with Crippen molar-refractivity contribution in [1.82, 2.24) is 10.2 Å². The van der Waals surface area contributed by atoms with Crippen LogP contribution in [0.5, 0.6) is 0 Å². The fourth-order valence-corrected chi connectivity index (χ4v) is 3.06. The molecule has 2 rings (SSSR count). The van der Waals surface area contributed by atoms with Crippen LogP contribution in [0.3, 0.4) is 0 Å². The lowest BCUT2D eigenvalue weighted by Gasteiger charge is -1.96. The Kier molecular flexibility index (Phi) is 4.84. The number of aliphatic hydroxyl groups is 1. The molecule has 20 heavy (non-hydrogen) atoms. The molecule has 0 spiro atoms. The van der Waals surface area contributed by atoms with Crippen molar-refractivity contribution in [2.24, 2.45) is 0 Å². The van der Waals surface area contributed by atoms with E-state index in [9.17, 15) is 4.79 Å². The predicted molar refractivity (Wildman–Crippen MR) is 80.3 cm³/mol. The highest BCUT2D eigenvalue weighted by atomic mass is 32.1. The molecule has 0 fully saturated rings. The zero-order valence-electron chi connectivity index (χ0n) is 11.1. The molecule has 0 aliphatic heterocycles. The van der Waals surface area contributed by atoms with Gasteiger partial charge < -0.3 is 5.11 Å². The number of nitrogens with one attached hydrogen (secondary N) is 1. The second-order valence-corrected chi connectivity index (χ2v) is 6.01. The van der Waals surface area contributed by atoms with Crippen molar-refractivity contribution >= 4 is 33.7 Å². The van der Waals surface area contributed by atoms with Gasteiger partial charge in [0.15, 0.2) is 0 Å². The van der Waals surface area contributed by atoms with Gasteiger partial charge in [-0.1, -0.05) is 30.1 Å². The molecule has 0 bridgehead atoms. The molecule has 1 amide bonds. The minimum Gasteiger partial charge on any atom is -0.384 e. The molecule has 2 heterocycles. The lowest BCUT2D eigenvalue weighted by Crippen LogP contribution is -2.09. The smallest absolute Gasteiger partial charge is 0.267 e. The molecule has 7 heteroatoms. The molecule has 5 nitrogen and oxygen atoms in total. The van der Waals surface area contributed by atoms with Gasteiger partial charge in [0, 0.05) is 0 Å². The number of amides is 1. The van der Waals surface area contributed by atoms with Gasteiger partial charge in [0.1, 0.15) is 11.6 Å². The molecule has 0 unspecified atom stereocenters. The van der Waals surface area contributed by atoms with E-state index in [0.717, 1.165) is 21.9 Å². The normalized spacial score (nSPS) is 9.95. The van der Waals surface area contributed by atoms with E-state index < -0.39 is 0 Å². The third kappa shape index (κ3) is 3.42. The number of hydrogen-bond donors (Lipinski definition) is 2. The quantitative estimate of drug-likeness (QED) is 0.851. The zero-order valence-corrected chi connectivity index (χ0v) is 12.7. The Hall–Kier alpha value is -1.75. The summed E-state index contributed by atoms with van der Waals surface area (Å²) in [5.74, 6) is 5.20. The summed E-state index contributed by atoms with van der Waals surface area (Å²) in [6.07, 6.45) is 0.798. The second kappa shape index (κ2) is 6.61. The monoisotopic (exact) mass is 307 g/mol. The Morgan fingerprint density at radius 2 is 2.25 bits per heavy atom. The van der Waals surface area contributed by atoms with E-state index in [1.165, 1.54) is 22.7 Å². The molecule has 0 aliphatic rings. The number of thiophene rings is 1. The van der Waals surface area contributed by atoms with Crippen LogP contribution in [0.2, 0.25) is 0 Å². The van der Waals surface area contributed by atoms with Crippen LogP contribution < -0.4 is 5.32 Å². The Bertz CT molecular complexity index is 679. The summed E-state index contributed by atoms with van der Waals surface area (Å²) < 4.78 is 0. The van der Waals surface area contributed by atoms with Crippen LogP contribution in [0.1, 0.15) is 32.0 Å². The van der Waals surface area contributed by atoms with Crippen LogP contribution in [0.25, 0.3) is 0 Å². The first-order valence-electron chi connectivity index (χ1n) is 5.98. The molecule has 104 valence electrons. The third-order valence-electron chi connectivity index (χ3n) is 2.41. The van der Waals surface area contributed by atoms with Crippen molar-refractivity contribution in [2.45, 2.75) is 20.3 Å². The molecule has 0 atom stereocenters. The van der Waals surface area contributed by atoms with Gasteiger partial charge in [-0.05, 0) is 25.0 Å². The topological polar surface area (TPSA) is 75.1 Å². The van der Waals surface area contributed by atoms with Crippen molar-refractivity contribution in [3.63, 3.8) is 0 Å². The number of rotatable bonds is 3. The van der Waals surface area contributed by atoms with Crippen LogP contribution in [0, 0.1) is 18.8 Å². The molecule has 2 aromatic heterocycles. The minimum absolute atomic E-state index is 0.191. The maximum Gasteiger partial charge on any atom is 0.267 e. The Labute approximate surface area is 124 Å². The zero-order chi connectivity index (χ0) is 14.5. The number of carbonyl (C=O) groups excluding carboxylic acids is 1. The first kappa shape index (κ1) is 14.7. The fourth-order valence-electron chi connectivity index (χ4n) is 1.44. The third-order valence-corrected chi connectivity index (χ3v) is 4.55. The van der Waals surface area contributed by atoms with Gasteiger partial charge in [-0.15, -0.1) is 21.5 Å². The van der Waals surface area contributed by atoms with E-state index >= 15 is 0 Å². The van der Waals surface area contributed by atoms with Gasteiger partial charge in [-0.25, -0.2) is 0 Å². The van der Waals surface area contributed by atoms with Crippen LogP contribution in [0.15, 0.2) is 6.07 Å². The van der Waals surface area contributed by atoms with Gasteiger partial charge in [0.2, 0.25) is 5.13 Å². The average molecular weight is 307 g/mol. The summed E-state index contributed by atoms with van der Waals surface area (Å²) in [6.45, 7) is 3.68. The van der Waals surface area contributed by atoms with E-state index in [0.29, 0.717) is 10.0 Å². The Balaban J connectivity index is 2.13. The van der Waals surface area contributed by atoms with Crippen LogP contribution in [-0.4, -0.2) is 27.8 Å². The number of anilines is 1. The Morgan fingerprint density at radius 3 is 2.90 bits per heavy atom. The maximum atomic E-state index is 12.1. The molecule has 0 saturated carbocycles. The molecular formula is C13H13N3O2S2. The summed E-state index contributed by atoms with van der Waals surface area (Å²) in [4.78, 5) is 13.4.